The smallest absolute Gasteiger partial charge is 0.243 e. The van der Waals surface area contributed by atoms with Crippen molar-refractivity contribution >= 4 is 40.0 Å². The maximum atomic E-state index is 12.7. The highest BCUT2D eigenvalue weighted by atomic mass is 127. The van der Waals surface area contributed by atoms with Crippen LogP contribution in [0.15, 0.2) is 46.5 Å². The van der Waals surface area contributed by atoms with Gasteiger partial charge in [0.05, 0.1) is 17.6 Å². The molecule has 3 heterocycles. The monoisotopic (exact) mass is 572 g/mol. The Morgan fingerprint density at radius 1 is 1.19 bits per heavy atom. The Kier molecular flexibility index (Phi) is 8.56. The Hall–Kier alpha value is -1.66. The minimum atomic E-state index is -3.37. The van der Waals surface area contributed by atoms with Gasteiger partial charge in [-0.2, -0.15) is 9.40 Å². The summed E-state index contributed by atoms with van der Waals surface area (Å²) in [4.78, 5) is 7.49. The maximum absolute atomic E-state index is 12.7. The summed E-state index contributed by atoms with van der Waals surface area (Å²) in [5, 5.41) is 7.70. The lowest BCUT2D eigenvalue weighted by Crippen LogP contribution is -2.40. The predicted molar refractivity (Wildman–Crippen MR) is 137 cm³/mol. The number of aliphatic imine (C=N–C) groups is 1. The van der Waals surface area contributed by atoms with Gasteiger partial charge in [0.2, 0.25) is 10.0 Å². The Bertz CT molecular complexity index is 1020. The summed E-state index contributed by atoms with van der Waals surface area (Å²) in [5.41, 5.74) is 2.27. The summed E-state index contributed by atoms with van der Waals surface area (Å²) in [6.07, 6.45) is 7.01. The zero-order chi connectivity index (χ0) is 21.8. The van der Waals surface area contributed by atoms with Crippen molar-refractivity contribution in [2.24, 2.45) is 12.0 Å². The summed E-state index contributed by atoms with van der Waals surface area (Å²) in [5.74, 6) is 1.37. The third-order valence-corrected chi connectivity index (χ3v) is 7.97. The molecule has 0 aliphatic carbocycles. The number of sulfonamides is 1. The minimum absolute atomic E-state index is 0. The number of rotatable bonds is 6. The molecule has 0 radical (unpaired) electrons. The number of halogens is 1. The fourth-order valence-electron chi connectivity index (χ4n) is 4.31. The van der Waals surface area contributed by atoms with Crippen molar-refractivity contribution in [3.05, 3.63) is 47.8 Å². The second kappa shape index (κ2) is 11.0. The van der Waals surface area contributed by atoms with Gasteiger partial charge in [0.15, 0.2) is 5.96 Å². The van der Waals surface area contributed by atoms with Crippen LogP contribution >= 0.6 is 24.0 Å². The lowest BCUT2D eigenvalue weighted by molar-refractivity contribution is 0.477. The van der Waals surface area contributed by atoms with Gasteiger partial charge in [-0.25, -0.2) is 13.4 Å². The number of aromatic nitrogens is 2. The van der Waals surface area contributed by atoms with Crippen molar-refractivity contribution in [2.75, 3.05) is 32.7 Å². The van der Waals surface area contributed by atoms with Gasteiger partial charge in [-0.3, -0.25) is 4.68 Å². The molecule has 1 N–H and O–H groups in total. The molecule has 8 nitrogen and oxygen atoms in total. The van der Waals surface area contributed by atoms with Crippen molar-refractivity contribution in [2.45, 2.75) is 43.5 Å². The van der Waals surface area contributed by atoms with E-state index in [2.05, 4.69) is 28.4 Å². The standard InChI is InChI=1S/C22H32N6O2S.HI/c1-3-23-22(27-13-10-19(17-27)20-15-25-26(2)16-20)24-14-18-6-8-21(9-7-18)31(29,30)28-11-4-5-12-28;/h6-9,15-16,19H,3-5,10-14,17H2,1-2H3,(H,23,24);1H. The molecule has 2 aliphatic heterocycles. The van der Waals surface area contributed by atoms with E-state index in [1.54, 1.807) is 16.4 Å². The van der Waals surface area contributed by atoms with E-state index in [-0.39, 0.29) is 24.0 Å². The zero-order valence-electron chi connectivity index (χ0n) is 18.8. The maximum Gasteiger partial charge on any atom is 0.243 e. The molecule has 2 aliphatic rings. The molecule has 0 amide bonds. The molecule has 2 saturated heterocycles. The third kappa shape index (κ3) is 5.63. The van der Waals surface area contributed by atoms with E-state index in [1.165, 1.54) is 5.56 Å². The number of likely N-dealkylation sites (tertiary alicyclic amines) is 1. The molecule has 0 saturated carbocycles. The van der Waals surface area contributed by atoms with Gasteiger partial charge in [0.25, 0.3) is 0 Å². The van der Waals surface area contributed by atoms with Gasteiger partial charge in [0, 0.05) is 51.9 Å². The first kappa shape index (κ1) is 25.0. The number of hydrogen-bond donors (Lipinski definition) is 1. The van der Waals surface area contributed by atoms with Crippen molar-refractivity contribution in [3.8, 4) is 0 Å². The first-order valence-corrected chi connectivity index (χ1v) is 12.5. The zero-order valence-corrected chi connectivity index (χ0v) is 21.9. The van der Waals surface area contributed by atoms with E-state index in [1.807, 2.05) is 30.1 Å². The second-order valence-electron chi connectivity index (χ2n) is 8.30. The molecule has 1 aromatic carbocycles. The van der Waals surface area contributed by atoms with Crippen LogP contribution in [0.3, 0.4) is 0 Å². The Labute approximate surface area is 208 Å². The molecule has 0 bridgehead atoms. The van der Waals surface area contributed by atoms with Crippen molar-refractivity contribution in [3.63, 3.8) is 0 Å². The third-order valence-electron chi connectivity index (χ3n) is 6.06. The number of nitrogens with one attached hydrogen (secondary N) is 1. The average Bonchev–Trinajstić information content (AvgIpc) is 3.53. The van der Waals surface area contributed by atoms with Crippen LogP contribution in [0.25, 0.3) is 0 Å². The number of hydrogen-bond acceptors (Lipinski definition) is 4. The lowest BCUT2D eigenvalue weighted by atomic mass is 10.0. The predicted octanol–water partition coefficient (Wildman–Crippen LogP) is 2.78. The molecule has 4 rings (SSSR count). The van der Waals surface area contributed by atoms with E-state index in [0.29, 0.717) is 30.4 Å². The highest BCUT2D eigenvalue weighted by Crippen LogP contribution is 2.27. The molecule has 176 valence electrons. The summed E-state index contributed by atoms with van der Waals surface area (Å²) in [7, 11) is -1.42. The van der Waals surface area contributed by atoms with Crippen molar-refractivity contribution < 1.29 is 8.42 Å². The van der Waals surface area contributed by atoms with Gasteiger partial charge in [-0.15, -0.1) is 24.0 Å². The summed E-state index contributed by atoms with van der Waals surface area (Å²) in [6.45, 7) is 6.51. The second-order valence-corrected chi connectivity index (χ2v) is 10.2. The van der Waals surface area contributed by atoms with Gasteiger partial charge >= 0.3 is 0 Å². The van der Waals surface area contributed by atoms with Crippen LogP contribution < -0.4 is 5.32 Å². The van der Waals surface area contributed by atoms with Gasteiger partial charge in [-0.1, -0.05) is 12.1 Å². The fourth-order valence-corrected chi connectivity index (χ4v) is 5.83. The molecule has 1 aromatic heterocycles. The normalized spacial score (nSPS) is 19.9. The van der Waals surface area contributed by atoms with Crippen LogP contribution in [0.5, 0.6) is 0 Å². The molecule has 10 heteroatoms. The van der Waals surface area contributed by atoms with Gasteiger partial charge in [0.1, 0.15) is 0 Å². The highest BCUT2D eigenvalue weighted by molar-refractivity contribution is 14.0. The van der Waals surface area contributed by atoms with E-state index in [4.69, 9.17) is 4.99 Å². The van der Waals surface area contributed by atoms with Crippen molar-refractivity contribution in [1.82, 2.24) is 24.3 Å². The first-order chi connectivity index (χ1) is 15.0. The van der Waals surface area contributed by atoms with Crippen LogP contribution in [-0.2, 0) is 23.6 Å². The number of nitrogens with zero attached hydrogens (tertiary/aromatic N) is 5. The molecule has 1 atom stereocenters. The van der Waals surface area contributed by atoms with Crippen molar-refractivity contribution in [1.29, 1.82) is 0 Å². The van der Waals surface area contributed by atoms with Gasteiger partial charge in [-0.05, 0) is 49.4 Å². The van der Waals surface area contributed by atoms with E-state index in [9.17, 15) is 8.42 Å². The lowest BCUT2D eigenvalue weighted by Gasteiger charge is -2.21. The fraction of sp³-hybridized carbons (Fsp3) is 0.545. The largest absolute Gasteiger partial charge is 0.357 e. The van der Waals surface area contributed by atoms with Crippen LogP contribution in [0.2, 0.25) is 0 Å². The summed E-state index contributed by atoms with van der Waals surface area (Å²) >= 11 is 0. The van der Waals surface area contributed by atoms with Crippen LogP contribution in [0.1, 0.15) is 43.2 Å². The SMILES string of the molecule is CCNC(=NCc1ccc(S(=O)(=O)N2CCCC2)cc1)N1CCC(c2cnn(C)c2)C1.I. The quantitative estimate of drug-likeness (QED) is 0.327. The first-order valence-electron chi connectivity index (χ1n) is 11.1. The van der Waals surface area contributed by atoms with Gasteiger partial charge < -0.3 is 10.2 Å². The Balaban J connectivity index is 0.00000289. The average molecular weight is 573 g/mol. The molecule has 32 heavy (non-hydrogen) atoms. The number of aryl methyl sites for hydroxylation is 1. The van der Waals surface area contributed by atoms with E-state index in [0.717, 1.165) is 50.4 Å². The Morgan fingerprint density at radius 2 is 1.91 bits per heavy atom. The molecular weight excluding hydrogens is 539 g/mol. The minimum Gasteiger partial charge on any atom is -0.357 e. The highest BCUT2D eigenvalue weighted by Gasteiger charge is 2.28. The van der Waals surface area contributed by atoms with Crippen LogP contribution in [0.4, 0.5) is 0 Å². The molecule has 1 unspecified atom stereocenters. The van der Waals surface area contributed by atoms with Crippen LogP contribution in [0, 0.1) is 0 Å². The molecule has 2 fully saturated rings. The topological polar surface area (TPSA) is 82.8 Å². The summed E-state index contributed by atoms with van der Waals surface area (Å²) in [6, 6.07) is 7.16. The molecular formula is C22H33IN6O2S. The number of guanidine groups is 1. The van der Waals surface area contributed by atoms with E-state index < -0.39 is 10.0 Å². The van der Waals surface area contributed by atoms with E-state index >= 15 is 0 Å². The summed E-state index contributed by atoms with van der Waals surface area (Å²) < 4.78 is 28.8. The Morgan fingerprint density at radius 3 is 2.53 bits per heavy atom. The molecule has 2 aromatic rings. The van der Waals surface area contributed by atoms with Crippen LogP contribution in [-0.4, -0.2) is 66.1 Å². The molecule has 0 spiro atoms. The number of benzene rings is 1.